The fourth-order valence-electron chi connectivity index (χ4n) is 2.95. The van der Waals surface area contributed by atoms with E-state index in [-0.39, 0.29) is 5.91 Å². The first-order chi connectivity index (χ1) is 12.1. The van der Waals surface area contributed by atoms with E-state index >= 15 is 0 Å². The topological polar surface area (TPSA) is 41.6 Å². The Bertz CT molecular complexity index is 742. The number of benzene rings is 2. The van der Waals surface area contributed by atoms with Gasteiger partial charge in [0.15, 0.2) is 0 Å². The number of methoxy groups -OCH3 is 1. The van der Waals surface area contributed by atoms with Crippen LogP contribution in [0.15, 0.2) is 42.5 Å². The molecule has 1 saturated heterocycles. The third-order valence-electron chi connectivity index (χ3n) is 4.45. The van der Waals surface area contributed by atoms with E-state index in [2.05, 4.69) is 10.2 Å². The van der Waals surface area contributed by atoms with Gasteiger partial charge in [0.1, 0.15) is 0 Å². The van der Waals surface area contributed by atoms with Gasteiger partial charge in [-0.3, -0.25) is 4.79 Å². The Morgan fingerprint density at radius 2 is 1.76 bits per heavy atom. The number of carbonyl (C=O) groups excluding carboxylic acids is 1. The second-order valence-corrected chi connectivity index (χ2v) is 6.87. The number of nitrogens with zero attached hydrogens (tertiary/aromatic N) is 1. The molecular formula is C19H20Cl2N2O2. The first-order valence-electron chi connectivity index (χ1n) is 8.21. The maximum Gasteiger partial charge on any atom is 0.255 e. The zero-order chi connectivity index (χ0) is 17.8. The van der Waals surface area contributed by atoms with Gasteiger partial charge < -0.3 is 15.0 Å². The highest BCUT2D eigenvalue weighted by atomic mass is 35.5. The number of carbonyl (C=O) groups is 1. The van der Waals surface area contributed by atoms with E-state index in [0.717, 1.165) is 37.3 Å². The predicted molar refractivity (Wildman–Crippen MR) is 103 cm³/mol. The molecule has 1 aliphatic heterocycles. The second kappa shape index (κ2) is 8.09. The second-order valence-electron chi connectivity index (χ2n) is 6.05. The van der Waals surface area contributed by atoms with Crippen LogP contribution in [-0.4, -0.2) is 32.2 Å². The van der Waals surface area contributed by atoms with E-state index in [1.807, 2.05) is 24.3 Å². The number of piperidine rings is 1. The van der Waals surface area contributed by atoms with Crippen LogP contribution in [0.4, 0.5) is 11.4 Å². The summed E-state index contributed by atoms with van der Waals surface area (Å²) < 4.78 is 5.40. The van der Waals surface area contributed by atoms with Crippen molar-refractivity contribution in [1.82, 2.24) is 0 Å². The van der Waals surface area contributed by atoms with Crippen molar-refractivity contribution in [2.24, 2.45) is 0 Å². The molecule has 6 heteroatoms. The summed E-state index contributed by atoms with van der Waals surface area (Å²) in [5.74, 6) is -0.216. The number of amides is 1. The van der Waals surface area contributed by atoms with Crippen LogP contribution in [-0.2, 0) is 4.74 Å². The Morgan fingerprint density at radius 1 is 1.08 bits per heavy atom. The molecule has 0 saturated carbocycles. The number of rotatable bonds is 4. The molecule has 132 valence electrons. The van der Waals surface area contributed by atoms with Gasteiger partial charge in [-0.1, -0.05) is 23.2 Å². The Hall–Kier alpha value is -1.75. The summed E-state index contributed by atoms with van der Waals surface area (Å²) in [6.07, 6.45) is 2.43. The van der Waals surface area contributed by atoms with Crippen LogP contribution in [0.1, 0.15) is 23.2 Å². The van der Waals surface area contributed by atoms with Gasteiger partial charge >= 0.3 is 0 Å². The molecule has 1 fully saturated rings. The number of hydrogen-bond acceptors (Lipinski definition) is 3. The van der Waals surface area contributed by atoms with Gasteiger partial charge in [0.2, 0.25) is 0 Å². The molecule has 0 aliphatic carbocycles. The van der Waals surface area contributed by atoms with Crippen LogP contribution in [0.3, 0.4) is 0 Å². The Morgan fingerprint density at radius 3 is 2.36 bits per heavy atom. The van der Waals surface area contributed by atoms with Crippen molar-refractivity contribution >= 4 is 40.5 Å². The molecule has 1 aliphatic rings. The minimum atomic E-state index is -0.216. The average Bonchev–Trinajstić information content (AvgIpc) is 2.64. The number of anilines is 2. The van der Waals surface area contributed by atoms with E-state index < -0.39 is 0 Å². The lowest BCUT2D eigenvalue weighted by Crippen LogP contribution is -2.36. The van der Waals surface area contributed by atoms with Crippen LogP contribution < -0.4 is 10.2 Å². The third kappa shape index (κ3) is 4.46. The van der Waals surface area contributed by atoms with Crippen molar-refractivity contribution in [2.45, 2.75) is 18.9 Å². The van der Waals surface area contributed by atoms with E-state index in [0.29, 0.717) is 21.7 Å². The van der Waals surface area contributed by atoms with Gasteiger partial charge in [-0.25, -0.2) is 0 Å². The van der Waals surface area contributed by atoms with Crippen LogP contribution in [0.2, 0.25) is 10.0 Å². The highest BCUT2D eigenvalue weighted by molar-refractivity contribution is 6.42. The van der Waals surface area contributed by atoms with E-state index in [1.165, 1.54) is 0 Å². The minimum Gasteiger partial charge on any atom is -0.381 e. The lowest BCUT2D eigenvalue weighted by Gasteiger charge is -2.33. The van der Waals surface area contributed by atoms with Crippen molar-refractivity contribution in [2.75, 3.05) is 30.4 Å². The van der Waals surface area contributed by atoms with Crippen molar-refractivity contribution in [3.05, 3.63) is 58.1 Å². The van der Waals surface area contributed by atoms with Crippen LogP contribution in [0, 0.1) is 0 Å². The first-order valence-corrected chi connectivity index (χ1v) is 8.96. The lowest BCUT2D eigenvalue weighted by molar-refractivity contribution is 0.0819. The number of nitrogens with one attached hydrogen (secondary N) is 1. The zero-order valence-corrected chi connectivity index (χ0v) is 15.5. The summed E-state index contributed by atoms with van der Waals surface area (Å²) in [5.41, 5.74) is 2.37. The normalized spacial score (nSPS) is 15.2. The van der Waals surface area contributed by atoms with Gasteiger partial charge in [-0.2, -0.15) is 0 Å². The van der Waals surface area contributed by atoms with Gasteiger partial charge in [-0.15, -0.1) is 0 Å². The summed E-state index contributed by atoms with van der Waals surface area (Å²) in [4.78, 5) is 14.6. The van der Waals surface area contributed by atoms with Gasteiger partial charge in [-0.05, 0) is 55.3 Å². The molecule has 2 aromatic rings. The Kier molecular flexibility index (Phi) is 5.84. The summed E-state index contributed by atoms with van der Waals surface area (Å²) in [6.45, 7) is 1.96. The molecule has 0 bridgehead atoms. The lowest BCUT2D eigenvalue weighted by atomic mass is 10.1. The molecule has 0 aromatic heterocycles. The van der Waals surface area contributed by atoms with Crippen LogP contribution in [0.25, 0.3) is 0 Å². The van der Waals surface area contributed by atoms with Crippen molar-refractivity contribution in [1.29, 1.82) is 0 Å². The van der Waals surface area contributed by atoms with Crippen LogP contribution in [0.5, 0.6) is 0 Å². The van der Waals surface area contributed by atoms with E-state index in [1.54, 1.807) is 25.3 Å². The maximum atomic E-state index is 12.3. The fourth-order valence-corrected chi connectivity index (χ4v) is 3.24. The largest absolute Gasteiger partial charge is 0.381 e. The monoisotopic (exact) mass is 378 g/mol. The molecule has 2 aromatic carbocycles. The zero-order valence-electron chi connectivity index (χ0n) is 14.0. The molecular weight excluding hydrogens is 359 g/mol. The molecule has 1 amide bonds. The standard InChI is InChI=1S/C19H20Cl2N2O2/c1-25-16-8-10-23(11-9-16)15-5-3-14(4-6-15)22-19(24)13-2-7-17(20)18(21)12-13/h2-7,12,16H,8-11H2,1H3,(H,22,24). The average molecular weight is 379 g/mol. The maximum absolute atomic E-state index is 12.3. The number of halogens is 2. The predicted octanol–water partition coefficient (Wildman–Crippen LogP) is 4.86. The van der Waals surface area contributed by atoms with Crippen LogP contribution >= 0.6 is 23.2 Å². The highest BCUT2D eigenvalue weighted by Crippen LogP contribution is 2.25. The summed E-state index contributed by atoms with van der Waals surface area (Å²) in [6, 6.07) is 12.7. The number of hydrogen-bond donors (Lipinski definition) is 1. The Labute approximate surface area is 157 Å². The quantitative estimate of drug-likeness (QED) is 0.825. The smallest absolute Gasteiger partial charge is 0.255 e. The minimum absolute atomic E-state index is 0.216. The van der Waals surface area contributed by atoms with E-state index in [9.17, 15) is 4.79 Å². The molecule has 0 radical (unpaired) electrons. The Balaban J connectivity index is 1.62. The molecule has 0 atom stereocenters. The third-order valence-corrected chi connectivity index (χ3v) is 5.19. The van der Waals surface area contributed by atoms with Crippen molar-refractivity contribution < 1.29 is 9.53 Å². The molecule has 1 heterocycles. The summed E-state index contributed by atoms with van der Waals surface area (Å²) >= 11 is 11.8. The van der Waals surface area contributed by atoms with E-state index in [4.69, 9.17) is 27.9 Å². The fraction of sp³-hybridized carbons (Fsp3) is 0.316. The van der Waals surface area contributed by atoms with Gasteiger partial charge in [0.05, 0.1) is 16.1 Å². The van der Waals surface area contributed by atoms with Crippen molar-refractivity contribution in [3.8, 4) is 0 Å². The van der Waals surface area contributed by atoms with Gasteiger partial charge in [0, 0.05) is 37.1 Å². The molecule has 0 spiro atoms. The molecule has 3 rings (SSSR count). The molecule has 0 unspecified atom stereocenters. The first kappa shape index (κ1) is 18.1. The van der Waals surface area contributed by atoms with Crippen molar-refractivity contribution in [3.63, 3.8) is 0 Å². The van der Waals surface area contributed by atoms with Gasteiger partial charge in [0.25, 0.3) is 5.91 Å². The summed E-state index contributed by atoms with van der Waals surface area (Å²) in [7, 11) is 1.77. The SMILES string of the molecule is COC1CCN(c2ccc(NC(=O)c3ccc(Cl)c(Cl)c3)cc2)CC1. The molecule has 25 heavy (non-hydrogen) atoms. The molecule has 1 N–H and O–H groups in total. The highest BCUT2D eigenvalue weighted by Gasteiger charge is 2.18. The summed E-state index contributed by atoms with van der Waals surface area (Å²) in [5, 5.41) is 3.67. The molecule has 4 nitrogen and oxygen atoms in total. The number of ether oxygens (including phenoxy) is 1.